The number of benzene rings is 5. The second-order valence-electron chi connectivity index (χ2n) is 11.5. The van der Waals surface area contributed by atoms with Crippen molar-refractivity contribution in [3.8, 4) is 5.75 Å². The minimum atomic E-state index is -1.83. The van der Waals surface area contributed by atoms with Crippen molar-refractivity contribution >= 4 is 39.6 Å². The van der Waals surface area contributed by atoms with Gasteiger partial charge in [-0.1, -0.05) is 119 Å². The summed E-state index contributed by atoms with van der Waals surface area (Å²) in [6.07, 6.45) is 8.02. The Kier molecular flexibility index (Phi) is 11.8. The molecule has 0 saturated heterocycles. The zero-order chi connectivity index (χ0) is 29.8. The van der Waals surface area contributed by atoms with Crippen LogP contribution >= 0.6 is 0 Å². The second-order valence-corrected chi connectivity index (χ2v) is 11.5. The molecule has 0 unspecified atom stereocenters. The van der Waals surface area contributed by atoms with Crippen molar-refractivity contribution in [2.24, 2.45) is 0 Å². The molecule has 0 fully saturated rings. The SMILES string of the molecule is CCCC[N+](CCCC)(CCCC)Cc1ccccc1.OB(O)Oc1cccc2ccc3cc4ccccc4cc3c12. The number of unbranched alkanes of at least 4 members (excludes halogenated alkanes) is 3. The van der Waals surface area contributed by atoms with E-state index in [9.17, 15) is 0 Å². The lowest BCUT2D eigenvalue weighted by Crippen LogP contribution is -2.49. The predicted molar refractivity (Wildman–Crippen MR) is 180 cm³/mol. The Bertz CT molecular complexity index is 1510. The van der Waals surface area contributed by atoms with Gasteiger partial charge in [-0.05, 0) is 64.4 Å². The third-order valence-corrected chi connectivity index (χ3v) is 8.24. The summed E-state index contributed by atoms with van der Waals surface area (Å²) in [5.41, 5.74) is 1.51. The van der Waals surface area contributed by atoms with Gasteiger partial charge in [0.1, 0.15) is 12.3 Å². The summed E-state index contributed by atoms with van der Waals surface area (Å²) in [4.78, 5) is 0. The van der Waals surface area contributed by atoms with Gasteiger partial charge in [-0.25, -0.2) is 0 Å². The molecule has 0 aliphatic rings. The summed E-state index contributed by atoms with van der Waals surface area (Å²) < 4.78 is 6.46. The van der Waals surface area contributed by atoms with E-state index in [0.717, 1.165) is 26.9 Å². The Labute approximate surface area is 252 Å². The molecule has 0 aromatic heterocycles. The van der Waals surface area contributed by atoms with Crippen molar-refractivity contribution in [2.75, 3.05) is 19.6 Å². The first kappa shape index (κ1) is 31.6. The van der Waals surface area contributed by atoms with Crippen LogP contribution in [0.4, 0.5) is 0 Å². The fraction of sp³-hybridized carbons (Fsp3) is 0.351. The van der Waals surface area contributed by atoms with Crippen LogP contribution in [-0.2, 0) is 6.54 Å². The summed E-state index contributed by atoms with van der Waals surface area (Å²) in [5.74, 6) is 0.466. The molecule has 0 saturated carbocycles. The van der Waals surface area contributed by atoms with Gasteiger partial charge in [0.25, 0.3) is 0 Å². The molecule has 0 bridgehead atoms. The number of quaternary nitrogens is 1. The molecule has 4 nitrogen and oxygen atoms in total. The molecule has 5 rings (SSSR count). The third kappa shape index (κ3) is 8.35. The average molecular weight is 565 g/mol. The Morgan fingerprint density at radius 3 is 1.74 bits per heavy atom. The Morgan fingerprint density at radius 2 is 1.14 bits per heavy atom. The Hall–Kier alpha value is -3.38. The molecular formula is C37H47BNO3+. The van der Waals surface area contributed by atoms with E-state index in [-0.39, 0.29) is 0 Å². The van der Waals surface area contributed by atoms with Crippen LogP contribution < -0.4 is 4.65 Å². The highest BCUT2D eigenvalue weighted by atomic mass is 16.6. The van der Waals surface area contributed by atoms with Crippen LogP contribution in [-0.4, -0.2) is 41.5 Å². The van der Waals surface area contributed by atoms with E-state index in [1.807, 2.05) is 30.3 Å². The van der Waals surface area contributed by atoms with E-state index in [4.69, 9.17) is 14.7 Å². The van der Waals surface area contributed by atoms with E-state index in [0.29, 0.717) is 5.75 Å². The summed E-state index contributed by atoms with van der Waals surface area (Å²) in [5, 5.41) is 24.6. The highest BCUT2D eigenvalue weighted by molar-refractivity contribution is 6.34. The lowest BCUT2D eigenvalue weighted by Gasteiger charge is -2.39. The lowest BCUT2D eigenvalue weighted by atomic mass is 9.97. The molecule has 0 amide bonds. The van der Waals surface area contributed by atoms with Crippen molar-refractivity contribution in [1.82, 2.24) is 0 Å². The van der Waals surface area contributed by atoms with Crippen LogP contribution in [0.1, 0.15) is 64.9 Å². The van der Waals surface area contributed by atoms with Crippen molar-refractivity contribution in [3.05, 3.63) is 103 Å². The Morgan fingerprint density at radius 1 is 0.595 bits per heavy atom. The molecule has 0 aliphatic heterocycles. The van der Waals surface area contributed by atoms with E-state index < -0.39 is 7.32 Å². The van der Waals surface area contributed by atoms with Gasteiger partial charge in [-0.15, -0.1) is 0 Å². The molecule has 220 valence electrons. The summed E-state index contributed by atoms with van der Waals surface area (Å²) >= 11 is 0. The number of nitrogens with zero attached hydrogens (tertiary/aromatic N) is 1. The second kappa shape index (κ2) is 15.7. The highest BCUT2D eigenvalue weighted by Crippen LogP contribution is 2.35. The van der Waals surface area contributed by atoms with Crippen molar-refractivity contribution < 1.29 is 19.2 Å². The van der Waals surface area contributed by atoms with Crippen LogP contribution in [0.15, 0.2) is 97.1 Å². The van der Waals surface area contributed by atoms with Crippen LogP contribution in [0.3, 0.4) is 0 Å². The minimum Gasteiger partial charge on any atom is -0.511 e. The van der Waals surface area contributed by atoms with Crippen molar-refractivity contribution in [3.63, 3.8) is 0 Å². The van der Waals surface area contributed by atoms with Gasteiger partial charge in [0.15, 0.2) is 0 Å². The van der Waals surface area contributed by atoms with Gasteiger partial charge in [0, 0.05) is 10.9 Å². The van der Waals surface area contributed by atoms with Crippen LogP contribution in [0.2, 0.25) is 0 Å². The molecule has 0 spiro atoms. The fourth-order valence-corrected chi connectivity index (χ4v) is 6.00. The smallest absolute Gasteiger partial charge is 0.511 e. The van der Waals surface area contributed by atoms with E-state index in [2.05, 4.69) is 81.4 Å². The number of fused-ring (bicyclic) bond motifs is 4. The van der Waals surface area contributed by atoms with E-state index in [1.165, 1.54) is 80.1 Å². The largest absolute Gasteiger partial charge is 0.707 e. The van der Waals surface area contributed by atoms with Gasteiger partial charge in [-0.3, -0.25) is 0 Å². The maximum absolute atomic E-state index is 9.14. The number of hydrogen-bond donors (Lipinski definition) is 2. The topological polar surface area (TPSA) is 49.7 Å². The van der Waals surface area contributed by atoms with Crippen LogP contribution in [0.25, 0.3) is 32.3 Å². The molecule has 5 aromatic rings. The molecule has 0 aliphatic carbocycles. The summed E-state index contributed by atoms with van der Waals surface area (Å²) in [6.45, 7) is 12.2. The zero-order valence-electron chi connectivity index (χ0n) is 25.6. The molecule has 0 radical (unpaired) electrons. The lowest BCUT2D eigenvalue weighted by molar-refractivity contribution is -0.941. The maximum atomic E-state index is 9.14. The van der Waals surface area contributed by atoms with Gasteiger partial charge >= 0.3 is 7.32 Å². The monoisotopic (exact) mass is 564 g/mol. The standard InChI is InChI=1S/C19H34N.C18H13BO3/c1-4-7-15-20(16-8-5-2,17-9-6-3)18-19-13-11-10-12-14-19;20-19(21)22-17-7-3-6-12-8-9-15-10-13-4-1-2-5-14(13)11-16(15)18(12)17/h10-14H,4-9,15-18H2,1-3H3;1-11,20-21H/q+1;. The molecule has 0 atom stereocenters. The first-order valence-electron chi connectivity index (χ1n) is 15.7. The Balaban J connectivity index is 0.000000194. The maximum Gasteiger partial charge on any atom is 0.707 e. The summed E-state index contributed by atoms with van der Waals surface area (Å²) in [7, 11) is -1.83. The fourth-order valence-electron chi connectivity index (χ4n) is 6.00. The molecule has 2 N–H and O–H groups in total. The normalized spacial score (nSPS) is 11.5. The highest BCUT2D eigenvalue weighted by Gasteiger charge is 2.26. The molecule has 5 aromatic carbocycles. The van der Waals surface area contributed by atoms with Crippen molar-refractivity contribution in [1.29, 1.82) is 0 Å². The molecule has 0 heterocycles. The predicted octanol–water partition coefficient (Wildman–Crippen LogP) is 8.90. The van der Waals surface area contributed by atoms with Crippen molar-refractivity contribution in [2.45, 2.75) is 65.8 Å². The minimum absolute atomic E-state index is 0.466. The van der Waals surface area contributed by atoms with Gasteiger partial charge in [-0.2, -0.15) is 0 Å². The molecule has 42 heavy (non-hydrogen) atoms. The first-order chi connectivity index (χ1) is 20.5. The van der Waals surface area contributed by atoms with Gasteiger partial charge in [0.2, 0.25) is 0 Å². The van der Waals surface area contributed by atoms with Gasteiger partial charge in [0.05, 0.1) is 19.6 Å². The molecule has 5 heteroatoms. The quantitative estimate of drug-likeness (QED) is 0.0650. The zero-order valence-corrected chi connectivity index (χ0v) is 25.6. The van der Waals surface area contributed by atoms with Crippen LogP contribution in [0, 0.1) is 0 Å². The van der Waals surface area contributed by atoms with E-state index in [1.54, 1.807) is 6.07 Å². The number of hydrogen-bond acceptors (Lipinski definition) is 3. The first-order valence-corrected chi connectivity index (χ1v) is 15.7. The van der Waals surface area contributed by atoms with Gasteiger partial charge < -0.3 is 19.2 Å². The summed E-state index contributed by atoms with van der Waals surface area (Å²) in [6, 6.07) is 33.2. The third-order valence-electron chi connectivity index (χ3n) is 8.24. The van der Waals surface area contributed by atoms with Crippen LogP contribution in [0.5, 0.6) is 5.75 Å². The van der Waals surface area contributed by atoms with E-state index >= 15 is 0 Å². The molecular weight excluding hydrogens is 517 g/mol. The average Bonchev–Trinajstić information content (AvgIpc) is 3.01. The number of rotatable bonds is 13.